The van der Waals surface area contributed by atoms with Crippen molar-refractivity contribution >= 4 is 5.78 Å². The topological polar surface area (TPSA) is 42.9 Å². The maximum Gasteiger partial charge on any atom is 0.417 e. The SMILES string of the molecule is O=C(c1cnccn1)c1ccccc1C(F)(F)F. The number of carbonyl (C=O) groups is 1. The molecule has 0 radical (unpaired) electrons. The van der Waals surface area contributed by atoms with Gasteiger partial charge in [-0.05, 0) is 6.07 Å². The predicted molar refractivity (Wildman–Crippen MR) is 56.9 cm³/mol. The van der Waals surface area contributed by atoms with E-state index in [1.165, 1.54) is 24.5 Å². The van der Waals surface area contributed by atoms with Crippen molar-refractivity contribution in [3.63, 3.8) is 0 Å². The number of rotatable bonds is 2. The zero-order chi connectivity index (χ0) is 13.2. The number of ketones is 1. The third-order valence-electron chi connectivity index (χ3n) is 2.27. The van der Waals surface area contributed by atoms with Crippen LogP contribution in [0.1, 0.15) is 21.6 Å². The molecule has 0 aliphatic heterocycles. The molecule has 92 valence electrons. The molecule has 0 amide bonds. The molecule has 0 spiro atoms. The fourth-order valence-electron chi connectivity index (χ4n) is 1.48. The minimum absolute atomic E-state index is 0.116. The Bertz CT molecular complexity index is 567. The normalized spacial score (nSPS) is 11.3. The van der Waals surface area contributed by atoms with Crippen LogP contribution in [-0.4, -0.2) is 15.8 Å². The third-order valence-corrected chi connectivity index (χ3v) is 2.27. The molecule has 1 heterocycles. The number of nitrogens with zero attached hydrogens (tertiary/aromatic N) is 2. The van der Waals surface area contributed by atoms with Gasteiger partial charge in [0.2, 0.25) is 5.78 Å². The molecule has 2 rings (SSSR count). The molecular formula is C12H7F3N2O. The summed E-state index contributed by atoms with van der Waals surface area (Å²) in [5, 5.41) is 0. The van der Waals surface area contributed by atoms with Gasteiger partial charge < -0.3 is 0 Å². The smallest absolute Gasteiger partial charge is 0.287 e. The summed E-state index contributed by atoms with van der Waals surface area (Å²) in [6, 6.07) is 4.60. The number of benzene rings is 1. The van der Waals surface area contributed by atoms with Crippen molar-refractivity contribution in [2.24, 2.45) is 0 Å². The first-order valence-electron chi connectivity index (χ1n) is 4.97. The van der Waals surface area contributed by atoms with Crippen LogP contribution >= 0.6 is 0 Å². The summed E-state index contributed by atoms with van der Waals surface area (Å²) in [5.74, 6) is -0.795. The van der Waals surface area contributed by atoms with Crippen molar-refractivity contribution in [2.75, 3.05) is 0 Å². The highest BCUT2D eigenvalue weighted by molar-refractivity contribution is 6.08. The number of halogens is 3. The lowest BCUT2D eigenvalue weighted by Crippen LogP contribution is -2.14. The Morgan fingerprint density at radius 3 is 2.44 bits per heavy atom. The number of carbonyl (C=O) groups excluding carboxylic acids is 1. The molecule has 0 aliphatic carbocycles. The fourth-order valence-corrected chi connectivity index (χ4v) is 1.48. The monoisotopic (exact) mass is 252 g/mol. The van der Waals surface area contributed by atoms with Gasteiger partial charge in [-0.3, -0.25) is 9.78 Å². The molecule has 0 saturated carbocycles. The Morgan fingerprint density at radius 1 is 1.11 bits per heavy atom. The Balaban J connectivity index is 2.50. The summed E-state index contributed by atoms with van der Waals surface area (Å²) in [7, 11) is 0. The Kier molecular flexibility index (Phi) is 3.10. The molecule has 6 heteroatoms. The first kappa shape index (κ1) is 12.2. The van der Waals surface area contributed by atoms with Gasteiger partial charge in [0.15, 0.2) is 0 Å². The molecule has 18 heavy (non-hydrogen) atoms. The minimum atomic E-state index is -4.57. The lowest BCUT2D eigenvalue weighted by Gasteiger charge is -2.11. The van der Waals surface area contributed by atoms with Gasteiger partial charge in [0.25, 0.3) is 0 Å². The van der Waals surface area contributed by atoms with Gasteiger partial charge in [0.05, 0.1) is 11.8 Å². The minimum Gasteiger partial charge on any atom is -0.287 e. The molecule has 2 aromatic rings. The molecule has 0 N–H and O–H groups in total. The predicted octanol–water partition coefficient (Wildman–Crippen LogP) is 2.73. The standard InChI is InChI=1S/C12H7F3N2O/c13-12(14,15)9-4-2-1-3-8(9)11(18)10-7-16-5-6-17-10/h1-7H. The van der Waals surface area contributed by atoms with E-state index in [2.05, 4.69) is 9.97 Å². The molecule has 0 aliphatic rings. The third kappa shape index (κ3) is 2.37. The Morgan fingerprint density at radius 2 is 1.83 bits per heavy atom. The maximum atomic E-state index is 12.7. The molecular weight excluding hydrogens is 245 g/mol. The van der Waals surface area contributed by atoms with Gasteiger partial charge in [-0.25, -0.2) is 4.98 Å². The van der Waals surface area contributed by atoms with Gasteiger partial charge in [0.1, 0.15) is 5.69 Å². The van der Waals surface area contributed by atoms with Gasteiger partial charge in [-0.1, -0.05) is 18.2 Å². The van der Waals surface area contributed by atoms with Crippen LogP contribution in [0.3, 0.4) is 0 Å². The van der Waals surface area contributed by atoms with E-state index in [1.54, 1.807) is 0 Å². The summed E-state index contributed by atoms with van der Waals surface area (Å²) >= 11 is 0. The Labute approximate surface area is 100 Å². The van der Waals surface area contributed by atoms with E-state index in [0.29, 0.717) is 0 Å². The largest absolute Gasteiger partial charge is 0.417 e. The quantitative estimate of drug-likeness (QED) is 0.772. The first-order valence-corrected chi connectivity index (χ1v) is 4.97. The second kappa shape index (κ2) is 4.56. The first-order chi connectivity index (χ1) is 8.50. The summed E-state index contributed by atoms with van der Waals surface area (Å²) in [6.45, 7) is 0. The summed E-state index contributed by atoms with van der Waals surface area (Å²) in [6.07, 6.45) is -0.847. The molecule has 0 fully saturated rings. The van der Waals surface area contributed by atoms with E-state index >= 15 is 0 Å². The zero-order valence-electron chi connectivity index (χ0n) is 8.98. The maximum absolute atomic E-state index is 12.7. The molecule has 0 unspecified atom stereocenters. The highest BCUT2D eigenvalue weighted by Gasteiger charge is 2.35. The zero-order valence-corrected chi connectivity index (χ0v) is 8.98. The summed E-state index contributed by atoms with van der Waals surface area (Å²) in [5.41, 5.74) is -1.51. The van der Waals surface area contributed by atoms with Crippen LogP contribution in [0.5, 0.6) is 0 Å². The van der Waals surface area contributed by atoms with E-state index in [-0.39, 0.29) is 5.69 Å². The molecule has 0 saturated heterocycles. The average Bonchev–Trinajstić information content (AvgIpc) is 2.38. The fraction of sp³-hybridized carbons (Fsp3) is 0.0833. The number of hydrogen-bond donors (Lipinski definition) is 0. The molecule has 0 atom stereocenters. The molecule has 1 aromatic carbocycles. The van der Waals surface area contributed by atoms with Gasteiger partial charge in [0, 0.05) is 18.0 Å². The van der Waals surface area contributed by atoms with E-state index in [1.807, 2.05) is 0 Å². The lowest BCUT2D eigenvalue weighted by molar-refractivity contribution is -0.137. The van der Waals surface area contributed by atoms with Crippen LogP contribution in [0.2, 0.25) is 0 Å². The van der Waals surface area contributed by atoms with Crippen molar-refractivity contribution in [3.05, 3.63) is 59.7 Å². The van der Waals surface area contributed by atoms with Crippen LogP contribution in [0, 0.1) is 0 Å². The highest BCUT2D eigenvalue weighted by Crippen LogP contribution is 2.32. The second-order valence-corrected chi connectivity index (χ2v) is 3.46. The number of aromatic nitrogens is 2. The highest BCUT2D eigenvalue weighted by atomic mass is 19.4. The molecule has 1 aromatic heterocycles. The van der Waals surface area contributed by atoms with Crippen LogP contribution in [0.15, 0.2) is 42.9 Å². The van der Waals surface area contributed by atoms with E-state index in [4.69, 9.17) is 0 Å². The van der Waals surface area contributed by atoms with Crippen LogP contribution < -0.4 is 0 Å². The van der Waals surface area contributed by atoms with Gasteiger partial charge in [-0.2, -0.15) is 13.2 Å². The van der Waals surface area contributed by atoms with Crippen molar-refractivity contribution in [2.45, 2.75) is 6.18 Å². The second-order valence-electron chi connectivity index (χ2n) is 3.46. The lowest BCUT2D eigenvalue weighted by atomic mass is 10.0. The van der Waals surface area contributed by atoms with Gasteiger partial charge in [-0.15, -0.1) is 0 Å². The van der Waals surface area contributed by atoms with Crippen molar-refractivity contribution in [3.8, 4) is 0 Å². The molecule has 0 bridgehead atoms. The van der Waals surface area contributed by atoms with E-state index in [0.717, 1.165) is 18.3 Å². The van der Waals surface area contributed by atoms with Crippen molar-refractivity contribution in [1.29, 1.82) is 0 Å². The summed E-state index contributed by atoms with van der Waals surface area (Å²) in [4.78, 5) is 19.3. The summed E-state index contributed by atoms with van der Waals surface area (Å²) < 4.78 is 38.2. The van der Waals surface area contributed by atoms with Gasteiger partial charge >= 0.3 is 6.18 Å². The molecule has 3 nitrogen and oxygen atoms in total. The number of alkyl halides is 3. The van der Waals surface area contributed by atoms with Crippen LogP contribution in [0.4, 0.5) is 13.2 Å². The van der Waals surface area contributed by atoms with Crippen molar-refractivity contribution < 1.29 is 18.0 Å². The van der Waals surface area contributed by atoms with Crippen molar-refractivity contribution in [1.82, 2.24) is 9.97 Å². The Hall–Kier alpha value is -2.24. The van der Waals surface area contributed by atoms with E-state index in [9.17, 15) is 18.0 Å². The van der Waals surface area contributed by atoms with Crippen LogP contribution in [-0.2, 0) is 6.18 Å². The van der Waals surface area contributed by atoms with E-state index < -0.39 is 23.1 Å². The van der Waals surface area contributed by atoms with Crippen LogP contribution in [0.25, 0.3) is 0 Å². The average molecular weight is 252 g/mol. The number of hydrogen-bond acceptors (Lipinski definition) is 3.